The summed E-state index contributed by atoms with van der Waals surface area (Å²) in [6.07, 6.45) is 5.30. The fourth-order valence-electron chi connectivity index (χ4n) is 2.30. The van der Waals surface area contributed by atoms with Gasteiger partial charge in [-0.15, -0.1) is 0 Å². The molecule has 132 valence electrons. The standard InChI is InChI=1S/C18H19N7O/c19-15-16(21-11-6-13-4-2-1-3-5-13)22-12-23-17(15)24-25-18(26)14-7-9-20-10-8-14/h1-5,7-10,12H,6,11,19H2,(H,25,26)(H2,21,22,23,24). The molecule has 0 spiro atoms. The van der Waals surface area contributed by atoms with Gasteiger partial charge in [-0.2, -0.15) is 0 Å². The van der Waals surface area contributed by atoms with Gasteiger partial charge in [0.05, 0.1) is 0 Å². The number of rotatable bonds is 7. The number of hydrogen-bond donors (Lipinski definition) is 4. The Morgan fingerprint density at radius 1 is 1.00 bits per heavy atom. The molecule has 8 heteroatoms. The van der Waals surface area contributed by atoms with E-state index in [2.05, 4.69) is 43.3 Å². The number of anilines is 3. The van der Waals surface area contributed by atoms with Gasteiger partial charge >= 0.3 is 0 Å². The molecule has 0 bridgehead atoms. The second-order valence-electron chi connectivity index (χ2n) is 5.46. The van der Waals surface area contributed by atoms with Crippen LogP contribution in [0.25, 0.3) is 0 Å². The number of hydrazine groups is 1. The first kappa shape index (κ1) is 17.2. The average molecular weight is 349 g/mol. The van der Waals surface area contributed by atoms with Crippen molar-refractivity contribution >= 4 is 23.2 Å². The maximum Gasteiger partial charge on any atom is 0.269 e. The molecule has 5 N–H and O–H groups in total. The van der Waals surface area contributed by atoms with Crippen molar-refractivity contribution < 1.29 is 4.79 Å². The van der Waals surface area contributed by atoms with Crippen molar-refractivity contribution in [1.82, 2.24) is 20.4 Å². The van der Waals surface area contributed by atoms with Gasteiger partial charge in [0.2, 0.25) is 0 Å². The highest BCUT2D eigenvalue weighted by Gasteiger charge is 2.10. The van der Waals surface area contributed by atoms with Crippen LogP contribution in [0.2, 0.25) is 0 Å². The smallest absolute Gasteiger partial charge is 0.269 e. The van der Waals surface area contributed by atoms with E-state index in [1.807, 2.05) is 18.2 Å². The number of benzene rings is 1. The number of aromatic nitrogens is 3. The van der Waals surface area contributed by atoms with E-state index < -0.39 is 0 Å². The Balaban J connectivity index is 1.57. The van der Waals surface area contributed by atoms with Crippen LogP contribution in [-0.2, 0) is 6.42 Å². The highest BCUT2D eigenvalue weighted by atomic mass is 16.2. The van der Waals surface area contributed by atoms with Crippen LogP contribution in [0.5, 0.6) is 0 Å². The summed E-state index contributed by atoms with van der Waals surface area (Å²) >= 11 is 0. The summed E-state index contributed by atoms with van der Waals surface area (Å²) in [5, 5.41) is 3.18. The Morgan fingerprint density at radius 3 is 2.50 bits per heavy atom. The summed E-state index contributed by atoms with van der Waals surface area (Å²) in [7, 11) is 0. The van der Waals surface area contributed by atoms with Gasteiger partial charge in [-0.3, -0.25) is 20.6 Å². The van der Waals surface area contributed by atoms with Crippen LogP contribution in [0.4, 0.5) is 17.3 Å². The summed E-state index contributed by atoms with van der Waals surface area (Å²) in [6, 6.07) is 13.3. The monoisotopic (exact) mass is 349 g/mol. The van der Waals surface area contributed by atoms with Crippen molar-refractivity contribution in [2.75, 3.05) is 23.0 Å². The lowest BCUT2D eigenvalue weighted by Gasteiger charge is -2.13. The molecule has 0 unspecified atom stereocenters. The third kappa shape index (κ3) is 4.44. The summed E-state index contributed by atoms with van der Waals surface area (Å²) in [5.74, 6) is 0.519. The van der Waals surface area contributed by atoms with Crippen molar-refractivity contribution in [3.05, 3.63) is 72.3 Å². The first-order valence-electron chi connectivity index (χ1n) is 8.08. The molecule has 0 aliphatic heterocycles. The molecule has 26 heavy (non-hydrogen) atoms. The maximum atomic E-state index is 12.0. The van der Waals surface area contributed by atoms with E-state index in [4.69, 9.17) is 5.73 Å². The third-order valence-electron chi connectivity index (χ3n) is 3.67. The molecule has 0 saturated carbocycles. The van der Waals surface area contributed by atoms with Crippen LogP contribution in [0, 0.1) is 0 Å². The fraction of sp³-hybridized carbons (Fsp3) is 0.111. The molecule has 2 aromatic heterocycles. The van der Waals surface area contributed by atoms with Crippen molar-refractivity contribution in [2.45, 2.75) is 6.42 Å². The van der Waals surface area contributed by atoms with Gasteiger partial charge in [0.25, 0.3) is 5.91 Å². The second kappa shape index (κ2) is 8.43. The Hall–Kier alpha value is -3.68. The predicted molar refractivity (Wildman–Crippen MR) is 100 cm³/mol. The van der Waals surface area contributed by atoms with Crippen LogP contribution < -0.4 is 21.9 Å². The number of carbonyl (C=O) groups excluding carboxylic acids is 1. The molecule has 8 nitrogen and oxygen atoms in total. The summed E-state index contributed by atoms with van der Waals surface area (Å²) in [4.78, 5) is 24.1. The topological polar surface area (TPSA) is 118 Å². The Kier molecular flexibility index (Phi) is 5.56. The molecule has 2 heterocycles. The molecule has 3 rings (SSSR count). The largest absolute Gasteiger partial charge is 0.393 e. The molecule has 0 fully saturated rings. The molecule has 0 saturated heterocycles. The predicted octanol–water partition coefficient (Wildman–Crippen LogP) is 1.87. The minimum atomic E-state index is -0.316. The number of pyridine rings is 1. The van der Waals surface area contributed by atoms with Gasteiger partial charge in [0, 0.05) is 24.5 Å². The zero-order valence-electron chi connectivity index (χ0n) is 14.0. The van der Waals surface area contributed by atoms with Crippen LogP contribution in [0.3, 0.4) is 0 Å². The average Bonchev–Trinajstić information content (AvgIpc) is 2.69. The number of nitrogens with zero attached hydrogens (tertiary/aromatic N) is 3. The Morgan fingerprint density at radius 2 is 1.73 bits per heavy atom. The highest BCUT2D eigenvalue weighted by molar-refractivity contribution is 5.95. The van der Waals surface area contributed by atoms with E-state index in [-0.39, 0.29) is 5.91 Å². The minimum absolute atomic E-state index is 0.316. The lowest BCUT2D eigenvalue weighted by molar-refractivity contribution is 0.0962. The number of carbonyl (C=O) groups is 1. The fourth-order valence-corrected chi connectivity index (χ4v) is 2.30. The zero-order valence-corrected chi connectivity index (χ0v) is 14.0. The molecule has 1 amide bonds. The van der Waals surface area contributed by atoms with E-state index in [1.54, 1.807) is 24.5 Å². The SMILES string of the molecule is Nc1c(NCCc2ccccc2)ncnc1NNC(=O)c1ccncc1. The first-order chi connectivity index (χ1) is 12.7. The highest BCUT2D eigenvalue weighted by Crippen LogP contribution is 2.21. The van der Waals surface area contributed by atoms with Gasteiger partial charge < -0.3 is 11.1 Å². The zero-order chi connectivity index (χ0) is 18.2. The number of nitrogen functional groups attached to an aromatic ring is 1. The second-order valence-corrected chi connectivity index (χ2v) is 5.46. The molecule has 3 aromatic rings. The van der Waals surface area contributed by atoms with Crippen LogP contribution in [0.15, 0.2) is 61.2 Å². The molecule has 0 radical (unpaired) electrons. The normalized spacial score (nSPS) is 10.2. The molecule has 0 aliphatic carbocycles. The van der Waals surface area contributed by atoms with Crippen molar-refractivity contribution in [3.8, 4) is 0 Å². The van der Waals surface area contributed by atoms with E-state index in [0.29, 0.717) is 29.4 Å². The number of nitrogens with two attached hydrogens (primary N) is 1. The van der Waals surface area contributed by atoms with Gasteiger partial charge in [-0.05, 0) is 24.1 Å². The van der Waals surface area contributed by atoms with Crippen LogP contribution >= 0.6 is 0 Å². The number of nitrogens with one attached hydrogen (secondary N) is 3. The quantitative estimate of drug-likeness (QED) is 0.481. The van der Waals surface area contributed by atoms with Crippen molar-refractivity contribution in [2.24, 2.45) is 0 Å². The van der Waals surface area contributed by atoms with Crippen molar-refractivity contribution in [3.63, 3.8) is 0 Å². The minimum Gasteiger partial charge on any atom is -0.393 e. The molecule has 1 aromatic carbocycles. The van der Waals surface area contributed by atoms with Crippen molar-refractivity contribution in [1.29, 1.82) is 0 Å². The van der Waals surface area contributed by atoms with E-state index in [9.17, 15) is 4.79 Å². The lowest BCUT2D eigenvalue weighted by atomic mass is 10.1. The van der Waals surface area contributed by atoms with E-state index in [0.717, 1.165) is 6.42 Å². The van der Waals surface area contributed by atoms with E-state index >= 15 is 0 Å². The Bertz CT molecular complexity index is 856. The number of hydrogen-bond acceptors (Lipinski definition) is 7. The third-order valence-corrected chi connectivity index (χ3v) is 3.67. The summed E-state index contributed by atoms with van der Waals surface area (Å²) < 4.78 is 0. The molecule has 0 atom stereocenters. The maximum absolute atomic E-state index is 12.0. The first-order valence-corrected chi connectivity index (χ1v) is 8.08. The van der Waals surface area contributed by atoms with E-state index in [1.165, 1.54) is 11.9 Å². The van der Waals surface area contributed by atoms with Gasteiger partial charge in [-0.1, -0.05) is 30.3 Å². The summed E-state index contributed by atoms with van der Waals surface area (Å²) in [6.45, 7) is 0.675. The lowest BCUT2D eigenvalue weighted by Crippen LogP contribution is -2.30. The molecular formula is C18H19N7O. The van der Waals surface area contributed by atoms with Crippen LogP contribution in [0.1, 0.15) is 15.9 Å². The molecule has 0 aliphatic rings. The van der Waals surface area contributed by atoms with Gasteiger partial charge in [0.1, 0.15) is 12.0 Å². The molecular weight excluding hydrogens is 330 g/mol. The van der Waals surface area contributed by atoms with Gasteiger partial charge in [-0.25, -0.2) is 9.97 Å². The summed E-state index contributed by atoms with van der Waals surface area (Å²) in [5.41, 5.74) is 13.4. The van der Waals surface area contributed by atoms with Crippen LogP contribution in [-0.4, -0.2) is 27.4 Å². The Labute approximate surface area is 150 Å². The van der Waals surface area contributed by atoms with Gasteiger partial charge in [0.15, 0.2) is 11.6 Å². The number of amides is 1.